The maximum atomic E-state index is 4.43. The zero-order valence-electron chi connectivity index (χ0n) is 10.4. The van der Waals surface area contributed by atoms with Crippen molar-refractivity contribution in [2.45, 2.75) is 27.3 Å². The van der Waals surface area contributed by atoms with E-state index in [9.17, 15) is 0 Å². The highest BCUT2D eigenvalue weighted by Gasteiger charge is 1.99. The Morgan fingerprint density at radius 2 is 1.82 bits per heavy atom. The molecule has 0 bridgehead atoms. The van der Waals surface area contributed by atoms with Gasteiger partial charge in [-0.15, -0.1) is 0 Å². The number of anilines is 1. The van der Waals surface area contributed by atoms with Crippen molar-refractivity contribution in [2.75, 3.05) is 5.32 Å². The van der Waals surface area contributed by atoms with Gasteiger partial charge < -0.3 is 5.32 Å². The first kappa shape index (κ1) is 11.5. The Kier molecular flexibility index (Phi) is 3.32. The van der Waals surface area contributed by atoms with Crippen molar-refractivity contribution in [1.29, 1.82) is 0 Å². The Hall–Kier alpha value is -1.97. The van der Waals surface area contributed by atoms with Crippen LogP contribution in [0, 0.1) is 20.8 Å². The van der Waals surface area contributed by atoms with E-state index in [0.29, 0.717) is 6.54 Å². The molecule has 0 unspecified atom stereocenters. The molecule has 0 aliphatic rings. The fraction of sp³-hybridized carbons (Fsp3) is 0.308. The van der Waals surface area contributed by atoms with Crippen LogP contribution in [0.5, 0.6) is 0 Å². The summed E-state index contributed by atoms with van der Waals surface area (Å²) in [6.45, 7) is 6.52. The van der Waals surface area contributed by atoms with Gasteiger partial charge in [0, 0.05) is 17.5 Å². The van der Waals surface area contributed by atoms with Gasteiger partial charge in [0.25, 0.3) is 0 Å². The molecular weight excluding hydrogens is 212 g/mol. The predicted octanol–water partition coefficient (Wildman–Crippen LogP) is 2.41. The number of nitrogens with zero attached hydrogens (tertiary/aromatic N) is 3. The van der Waals surface area contributed by atoms with Crippen molar-refractivity contribution in [3.63, 3.8) is 0 Å². The largest absolute Gasteiger partial charge is 0.364 e. The van der Waals surface area contributed by atoms with Crippen LogP contribution < -0.4 is 5.32 Å². The minimum Gasteiger partial charge on any atom is -0.364 e. The van der Waals surface area contributed by atoms with Crippen molar-refractivity contribution >= 4 is 5.82 Å². The lowest BCUT2D eigenvalue weighted by Crippen LogP contribution is -2.05. The Balaban J connectivity index is 2.07. The number of aromatic nitrogens is 3. The summed E-state index contributed by atoms with van der Waals surface area (Å²) in [5.41, 5.74) is 3.01. The second kappa shape index (κ2) is 4.91. The normalized spacial score (nSPS) is 10.3. The van der Waals surface area contributed by atoms with E-state index in [2.05, 4.69) is 20.3 Å². The molecule has 0 spiro atoms. The third kappa shape index (κ3) is 3.24. The molecule has 2 aromatic heterocycles. The SMILES string of the molecule is Cc1cccc(CNc2cc(C)nc(C)n2)n1. The molecule has 4 heteroatoms. The molecule has 0 fully saturated rings. The summed E-state index contributed by atoms with van der Waals surface area (Å²) in [5.74, 6) is 1.63. The lowest BCUT2D eigenvalue weighted by Gasteiger charge is -2.07. The van der Waals surface area contributed by atoms with E-state index in [1.54, 1.807) is 0 Å². The Bertz CT molecular complexity index is 502. The monoisotopic (exact) mass is 228 g/mol. The standard InChI is InChI=1S/C13H16N4/c1-9-5-4-6-12(16-9)8-14-13-7-10(2)15-11(3)17-13/h4-7H,8H2,1-3H3,(H,14,15,17). The first-order chi connectivity index (χ1) is 8.13. The molecular formula is C13H16N4. The number of rotatable bonds is 3. The van der Waals surface area contributed by atoms with Crippen LogP contribution in [0.4, 0.5) is 5.82 Å². The maximum Gasteiger partial charge on any atom is 0.130 e. The van der Waals surface area contributed by atoms with Gasteiger partial charge >= 0.3 is 0 Å². The van der Waals surface area contributed by atoms with Crippen molar-refractivity contribution in [3.8, 4) is 0 Å². The van der Waals surface area contributed by atoms with Gasteiger partial charge in [-0.3, -0.25) is 4.98 Å². The predicted molar refractivity (Wildman–Crippen MR) is 67.8 cm³/mol. The molecule has 2 heterocycles. The molecule has 0 aromatic carbocycles. The number of pyridine rings is 1. The summed E-state index contributed by atoms with van der Waals surface area (Å²) < 4.78 is 0. The summed E-state index contributed by atoms with van der Waals surface area (Å²) in [6.07, 6.45) is 0. The van der Waals surface area contributed by atoms with Gasteiger partial charge in [-0.1, -0.05) is 6.07 Å². The minimum atomic E-state index is 0.678. The van der Waals surface area contributed by atoms with Gasteiger partial charge in [0.2, 0.25) is 0 Å². The van der Waals surface area contributed by atoms with Gasteiger partial charge in [0.1, 0.15) is 11.6 Å². The molecule has 4 nitrogen and oxygen atoms in total. The average molecular weight is 228 g/mol. The number of hydrogen-bond acceptors (Lipinski definition) is 4. The number of nitrogens with one attached hydrogen (secondary N) is 1. The van der Waals surface area contributed by atoms with E-state index in [4.69, 9.17) is 0 Å². The lowest BCUT2D eigenvalue weighted by atomic mass is 10.3. The van der Waals surface area contributed by atoms with Gasteiger partial charge in [0.05, 0.1) is 12.2 Å². The van der Waals surface area contributed by atoms with Gasteiger partial charge in [0.15, 0.2) is 0 Å². The van der Waals surface area contributed by atoms with E-state index >= 15 is 0 Å². The second-order valence-corrected chi connectivity index (χ2v) is 4.07. The molecule has 0 aliphatic heterocycles. The molecule has 17 heavy (non-hydrogen) atoms. The molecule has 0 saturated carbocycles. The van der Waals surface area contributed by atoms with Crippen LogP contribution in [0.2, 0.25) is 0 Å². The summed E-state index contributed by atoms with van der Waals surface area (Å²) in [5, 5.41) is 3.26. The molecule has 0 atom stereocenters. The molecule has 88 valence electrons. The third-order valence-corrected chi connectivity index (χ3v) is 2.36. The van der Waals surface area contributed by atoms with Crippen molar-refractivity contribution in [2.24, 2.45) is 0 Å². The topological polar surface area (TPSA) is 50.7 Å². The quantitative estimate of drug-likeness (QED) is 0.876. The van der Waals surface area contributed by atoms with Crippen LogP contribution in [0.1, 0.15) is 22.9 Å². The van der Waals surface area contributed by atoms with Crippen LogP contribution >= 0.6 is 0 Å². The Labute approximate surface area is 101 Å². The molecule has 0 radical (unpaired) electrons. The third-order valence-electron chi connectivity index (χ3n) is 2.36. The molecule has 0 saturated heterocycles. The van der Waals surface area contributed by atoms with Crippen LogP contribution in [-0.2, 0) is 6.54 Å². The summed E-state index contributed by atoms with van der Waals surface area (Å²) in [4.78, 5) is 13.0. The highest BCUT2D eigenvalue weighted by Crippen LogP contribution is 2.07. The molecule has 2 rings (SSSR count). The lowest BCUT2D eigenvalue weighted by molar-refractivity contribution is 0.966. The van der Waals surface area contributed by atoms with Crippen LogP contribution in [-0.4, -0.2) is 15.0 Å². The van der Waals surface area contributed by atoms with E-state index in [1.165, 1.54) is 0 Å². The molecule has 2 aromatic rings. The van der Waals surface area contributed by atoms with Crippen molar-refractivity contribution in [1.82, 2.24) is 15.0 Å². The highest BCUT2D eigenvalue weighted by atomic mass is 15.0. The Morgan fingerprint density at radius 3 is 2.53 bits per heavy atom. The highest BCUT2D eigenvalue weighted by molar-refractivity contribution is 5.36. The van der Waals surface area contributed by atoms with E-state index in [-0.39, 0.29) is 0 Å². The summed E-state index contributed by atoms with van der Waals surface area (Å²) in [7, 11) is 0. The fourth-order valence-electron chi connectivity index (χ4n) is 1.69. The van der Waals surface area contributed by atoms with Gasteiger partial charge in [-0.2, -0.15) is 0 Å². The van der Waals surface area contributed by atoms with Crippen molar-refractivity contribution < 1.29 is 0 Å². The fourth-order valence-corrected chi connectivity index (χ4v) is 1.69. The first-order valence-electron chi connectivity index (χ1n) is 5.62. The summed E-state index contributed by atoms with van der Waals surface area (Å²) in [6, 6.07) is 7.93. The van der Waals surface area contributed by atoms with Crippen LogP contribution in [0.15, 0.2) is 24.3 Å². The zero-order valence-corrected chi connectivity index (χ0v) is 10.4. The smallest absolute Gasteiger partial charge is 0.130 e. The summed E-state index contributed by atoms with van der Waals surface area (Å²) >= 11 is 0. The molecule has 0 amide bonds. The van der Waals surface area contributed by atoms with Gasteiger partial charge in [-0.25, -0.2) is 9.97 Å². The molecule has 1 N–H and O–H groups in total. The second-order valence-electron chi connectivity index (χ2n) is 4.07. The van der Waals surface area contributed by atoms with Gasteiger partial charge in [-0.05, 0) is 32.9 Å². The average Bonchev–Trinajstić information content (AvgIpc) is 2.25. The van der Waals surface area contributed by atoms with E-state index in [0.717, 1.165) is 28.7 Å². The van der Waals surface area contributed by atoms with E-state index in [1.807, 2.05) is 45.0 Å². The molecule has 0 aliphatic carbocycles. The number of aryl methyl sites for hydroxylation is 3. The number of hydrogen-bond donors (Lipinski definition) is 1. The van der Waals surface area contributed by atoms with E-state index < -0.39 is 0 Å². The van der Waals surface area contributed by atoms with Crippen molar-refractivity contribution in [3.05, 3.63) is 47.2 Å². The van der Waals surface area contributed by atoms with Crippen LogP contribution in [0.25, 0.3) is 0 Å². The zero-order chi connectivity index (χ0) is 12.3. The minimum absolute atomic E-state index is 0.678. The first-order valence-corrected chi connectivity index (χ1v) is 5.62. The van der Waals surface area contributed by atoms with Crippen LogP contribution in [0.3, 0.4) is 0 Å². The Morgan fingerprint density at radius 1 is 1.00 bits per heavy atom. The maximum absolute atomic E-state index is 4.43.